The number of benzene rings is 1. The van der Waals surface area contributed by atoms with Gasteiger partial charge in [0.2, 0.25) is 0 Å². The molecule has 1 heterocycles. The molecule has 3 N–H and O–H groups in total. The van der Waals surface area contributed by atoms with E-state index in [0.717, 1.165) is 0 Å². The molecule has 0 atom stereocenters. The number of amidine groups is 1. The number of rotatable bonds is 3. The van der Waals surface area contributed by atoms with Crippen molar-refractivity contribution in [2.75, 3.05) is 0 Å². The third-order valence-electron chi connectivity index (χ3n) is 2.21. The van der Waals surface area contributed by atoms with Gasteiger partial charge < -0.3 is 10.9 Å². The van der Waals surface area contributed by atoms with Crippen LogP contribution in [0.2, 0.25) is 0 Å². The average molecular weight is 278 g/mol. The van der Waals surface area contributed by atoms with E-state index in [1.807, 2.05) is 0 Å². The van der Waals surface area contributed by atoms with Gasteiger partial charge in [-0.3, -0.25) is 0 Å². The van der Waals surface area contributed by atoms with Crippen LogP contribution in [0, 0.1) is 12.7 Å². The van der Waals surface area contributed by atoms with Crippen molar-refractivity contribution in [2.45, 2.75) is 17.0 Å². The van der Waals surface area contributed by atoms with Gasteiger partial charge in [-0.05, 0) is 43.0 Å². The number of hydrogen-bond donors (Lipinski definition) is 2. The summed E-state index contributed by atoms with van der Waals surface area (Å²) in [5, 5.41) is 11.9. The first-order chi connectivity index (χ1) is 9.08. The lowest BCUT2D eigenvalue weighted by Gasteiger charge is -2.04. The van der Waals surface area contributed by atoms with Crippen LogP contribution >= 0.6 is 11.8 Å². The molecule has 5 nitrogen and oxygen atoms in total. The standard InChI is InChI=1S/C12H11FN4OS/c1-7-5-10(11(14)17-18)16-12(15-7)19-9-4-2-3-8(13)6-9/h2-6,18H,1H3,(H2,14,17). The second-order valence-electron chi connectivity index (χ2n) is 3.72. The third kappa shape index (κ3) is 3.41. The molecule has 0 aliphatic rings. The molecule has 7 heteroatoms. The molecule has 1 aromatic heterocycles. The average Bonchev–Trinajstić information content (AvgIpc) is 2.37. The maximum atomic E-state index is 13.1. The Kier molecular flexibility index (Phi) is 3.96. The summed E-state index contributed by atoms with van der Waals surface area (Å²) in [7, 11) is 0. The maximum Gasteiger partial charge on any atom is 0.193 e. The molecule has 2 rings (SSSR count). The Balaban J connectivity index is 2.33. The molecule has 0 spiro atoms. The van der Waals surface area contributed by atoms with Crippen LogP contribution in [0.25, 0.3) is 0 Å². The predicted molar refractivity (Wildman–Crippen MR) is 69.8 cm³/mol. The van der Waals surface area contributed by atoms with E-state index in [2.05, 4.69) is 15.1 Å². The lowest BCUT2D eigenvalue weighted by atomic mass is 10.3. The van der Waals surface area contributed by atoms with Crippen LogP contribution in [0.3, 0.4) is 0 Å². The number of oxime groups is 1. The van der Waals surface area contributed by atoms with Gasteiger partial charge in [0.15, 0.2) is 11.0 Å². The molecule has 0 radical (unpaired) electrons. The Labute approximate surface area is 113 Å². The highest BCUT2D eigenvalue weighted by Gasteiger charge is 2.08. The monoisotopic (exact) mass is 278 g/mol. The van der Waals surface area contributed by atoms with Gasteiger partial charge in [0.25, 0.3) is 0 Å². The van der Waals surface area contributed by atoms with Crippen molar-refractivity contribution >= 4 is 17.6 Å². The highest BCUT2D eigenvalue weighted by molar-refractivity contribution is 7.99. The van der Waals surface area contributed by atoms with Crippen LogP contribution in [0.4, 0.5) is 4.39 Å². The predicted octanol–water partition coefficient (Wildman–Crippen LogP) is 2.17. The molecule has 2 aromatic rings. The molecule has 0 fully saturated rings. The van der Waals surface area contributed by atoms with Crippen molar-refractivity contribution in [1.29, 1.82) is 0 Å². The lowest BCUT2D eigenvalue weighted by Crippen LogP contribution is -2.16. The van der Waals surface area contributed by atoms with E-state index < -0.39 is 0 Å². The summed E-state index contributed by atoms with van der Waals surface area (Å²) in [6, 6.07) is 7.72. The summed E-state index contributed by atoms with van der Waals surface area (Å²) in [5.41, 5.74) is 6.49. The number of halogens is 1. The summed E-state index contributed by atoms with van der Waals surface area (Å²) in [6.45, 7) is 1.77. The summed E-state index contributed by atoms with van der Waals surface area (Å²) >= 11 is 1.20. The smallest absolute Gasteiger partial charge is 0.193 e. The quantitative estimate of drug-likeness (QED) is 0.295. The van der Waals surface area contributed by atoms with Crippen molar-refractivity contribution in [3.63, 3.8) is 0 Å². The van der Waals surface area contributed by atoms with E-state index in [-0.39, 0.29) is 11.7 Å². The summed E-state index contributed by atoms with van der Waals surface area (Å²) < 4.78 is 13.1. The van der Waals surface area contributed by atoms with E-state index >= 15 is 0 Å². The Hall–Kier alpha value is -2.15. The molecule has 0 saturated heterocycles. The van der Waals surface area contributed by atoms with E-state index in [1.165, 1.54) is 23.9 Å². The zero-order chi connectivity index (χ0) is 13.8. The number of nitrogens with zero attached hydrogens (tertiary/aromatic N) is 3. The van der Waals surface area contributed by atoms with E-state index in [1.54, 1.807) is 25.1 Å². The second-order valence-corrected chi connectivity index (χ2v) is 4.76. The van der Waals surface area contributed by atoms with Gasteiger partial charge in [-0.15, -0.1) is 0 Å². The zero-order valence-electron chi connectivity index (χ0n) is 10.0. The normalized spacial score (nSPS) is 11.6. The Morgan fingerprint density at radius 2 is 2.16 bits per heavy atom. The van der Waals surface area contributed by atoms with Gasteiger partial charge in [-0.2, -0.15) is 0 Å². The van der Waals surface area contributed by atoms with Gasteiger partial charge in [0.1, 0.15) is 11.5 Å². The highest BCUT2D eigenvalue weighted by atomic mass is 32.2. The number of hydrogen-bond acceptors (Lipinski definition) is 5. The van der Waals surface area contributed by atoms with Crippen LogP contribution in [0.1, 0.15) is 11.4 Å². The Bertz CT molecular complexity index is 633. The number of aromatic nitrogens is 2. The second kappa shape index (κ2) is 5.66. The van der Waals surface area contributed by atoms with E-state index in [0.29, 0.717) is 21.4 Å². The fraction of sp³-hybridized carbons (Fsp3) is 0.0833. The van der Waals surface area contributed by atoms with E-state index in [4.69, 9.17) is 10.9 Å². The minimum atomic E-state index is -0.325. The third-order valence-corrected chi connectivity index (χ3v) is 3.06. The molecule has 1 aromatic carbocycles. The molecule has 0 saturated carbocycles. The fourth-order valence-corrected chi connectivity index (χ4v) is 2.27. The van der Waals surface area contributed by atoms with Crippen molar-refractivity contribution in [3.05, 3.63) is 47.5 Å². The number of nitrogens with two attached hydrogens (primary N) is 1. The van der Waals surface area contributed by atoms with Gasteiger partial charge in [-0.1, -0.05) is 11.2 Å². The van der Waals surface area contributed by atoms with Crippen LogP contribution in [-0.2, 0) is 0 Å². The van der Waals surface area contributed by atoms with Crippen molar-refractivity contribution in [2.24, 2.45) is 10.9 Å². The van der Waals surface area contributed by atoms with Crippen molar-refractivity contribution < 1.29 is 9.60 Å². The SMILES string of the molecule is Cc1cc(/C(N)=N/O)nc(Sc2cccc(F)c2)n1. The minimum Gasteiger partial charge on any atom is -0.409 e. The first-order valence-corrected chi connectivity index (χ1v) is 6.17. The first kappa shape index (κ1) is 13.3. The van der Waals surface area contributed by atoms with E-state index in [9.17, 15) is 4.39 Å². The van der Waals surface area contributed by atoms with Gasteiger partial charge in [0.05, 0.1) is 0 Å². The zero-order valence-corrected chi connectivity index (χ0v) is 10.9. The van der Waals surface area contributed by atoms with Crippen LogP contribution < -0.4 is 5.73 Å². The minimum absolute atomic E-state index is 0.0911. The molecule has 0 aliphatic heterocycles. The van der Waals surface area contributed by atoms with Gasteiger partial charge >= 0.3 is 0 Å². The van der Waals surface area contributed by atoms with Crippen LogP contribution in [0.5, 0.6) is 0 Å². The van der Waals surface area contributed by atoms with Crippen molar-refractivity contribution in [1.82, 2.24) is 9.97 Å². The van der Waals surface area contributed by atoms with Crippen LogP contribution in [0.15, 0.2) is 45.5 Å². The largest absolute Gasteiger partial charge is 0.409 e. The number of aryl methyl sites for hydroxylation is 1. The highest BCUT2D eigenvalue weighted by Crippen LogP contribution is 2.25. The molecule has 0 aliphatic carbocycles. The molecule has 0 bridgehead atoms. The lowest BCUT2D eigenvalue weighted by molar-refractivity contribution is 0.318. The Morgan fingerprint density at radius 3 is 2.84 bits per heavy atom. The fourth-order valence-electron chi connectivity index (χ4n) is 1.41. The van der Waals surface area contributed by atoms with Gasteiger partial charge in [0, 0.05) is 10.6 Å². The maximum absolute atomic E-state index is 13.1. The molecule has 19 heavy (non-hydrogen) atoms. The molecule has 0 unspecified atom stereocenters. The molecule has 98 valence electrons. The van der Waals surface area contributed by atoms with Crippen LogP contribution in [-0.4, -0.2) is 21.0 Å². The first-order valence-electron chi connectivity index (χ1n) is 5.35. The molecular formula is C12H11FN4OS. The summed E-state index contributed by atoms with van der Waals surface area (Å²) in [6.07, 6.45) is 0. The summed E-state index contributed by atoms with van der Waals surface area (Å²) in [4.78, 5) is 9.03. The molecule has 0 amide bonds. The van der Waals surface area contributed by atoms with Gasteiger partial charge in [-0.25, -0.2) is 14.4 Å². The van der Waals surface area contributed by atoms with Crippen molar-refractivity contribution in [3.8, 4) is 0 Å². The topological polar surface area (TPSA) is 84.4 Å². The summed E-state index contributed by atoms with van der Waals surface area (Å²) in [5.74, 6) is -0.416. The Morgan fingerprint density at radius 1 is 1.37 bits per heavy atom. The molecular weight excluding hydrogens is 267 g/mol.